The van der Waals surface area contributed by atoms with Crippen LogP contribution >= 0.6 is 0 Å². The minimum absolute atomic E-state index is 0.460. The maximum Gasteiger partial charge on any atom is 0.201 e. The van der Waals surface area contributed by atoms with E-state index in [0.717, 1.165) is 18.6 Å². The molecule has 1 unspecified atom stereocenters. The number of benzene rings is 1. The van der Waals surface area contributed by atoms with Gasteiger partial charge in [-0.15, -0.1) is 0 Å². The number of nitrogens with two attached hydrogens (primary N) is 1. The number of piperidine rings is 1. The third-order valence-electron chi connectivity index (χ3n) is 4.17. The Bertz CT molecular complexity index is 587. The third kappa shape index (κ3) is 2.21. The predicted octanol–water partition coefficient (Wildman–Crippen LogP) is 2.58. The Hall–Kier alpha value is -1.55. The van der Waals surface area contributed by atoms with Gasteiger partial charge in [-0.3, -0.25) is 0 Å². The first-order chi connectivity index (χ1) is 9.19. The predicted molar refractivity (Wildman–Crippen MR) is 79.3 cm³/mol. The molecule has 19 heavy (non-hydrogen) atoms. The molecular formula is C15H22N4. The summed E-state index contributed by atoms with van der Waals surface area (Å²) in [7, 11) is 0. The lowest BCUT2D eigenvalue weighted by Gasteiger charge is -2.33. The van der Waals surface area contributed by atoms with Gasteiger partial charge in [0.05, 0.1) is 11.0 Å². The highest BCUT2D eigenvalue weighted by atomic mass is 15.2. The van der Waals surface area contributed by atoms with Crippen molar-refractivity contribution < 1.29 is 0 Å². The van der Waals surface area contributed by atoms with Crippen LogP contribution in [0.15, 0.2) is 18.2 Å². The van der Waals surface area contributed by atoms with Gasteiger partial charge in [-0.05, 0) is 50.6 Å². The van der Waals surface area contributed by atoms with Gasteiger partial charge in [0.15, 0.2) is 0 Å². The summed E-state index contributed by atoms with van der Waals surface area (Å²) in [4.78, 5) is 7.02. The first-order valence-electron chi connectivity index (χ1n) is 7.15. The third-order valence-corrected chi connectivity index (χ3v) is 4.17. The van der Waals surface area contributed by atoms with Crippen molar-refractivity contribution in [2.75, 3.05) is 25.4 Å². The standard InChI is InChI=1S/C15H22N4/c1-3-18-8-4-5-12(10-18)19-14-7-6-11(2)9-13(14)17-15(19)16/h6-7,9,12H,3-5,8,10H2,1-2H3,(H2,16,17). The second kappa shape index (κ2) is 4.85. The molecule has 0 radical (unpaired) electrons. The van der Waals surface area contributed by atoms with E-state index in [1.54, 1.807) is 0 Å². The molecule has 0 bridgehead atoms. The lowest BCUT2D eigenvalue weighted by Crippen LogP contribution is -2.36. The van der Waals surface area contributed by atoms with Crippen LogP contribution in [-0.4, -0.2) is 34.1 Å². The number of nitrogen functional groups attached to an aromatic ring is 1. The second-order valence-electron chi connectivity index (χ2n) is 5.52. The topological polar surface area (TPSA) is 47.1 Å². The molecule has 1 aliphatic heterocycles. The van der Waals surface area contributed by atoms with Gasteiger partial charge in [0, 0.05) is 12.6 Å². The van der Waals surface area contributed by atoms with E-state index in [1.807, 2.05) is 0 Å². The van der Waals surface area contributed by atoms with Gasteiger partial charge in [-0.1, -0.05) is 13.0 Å². The molecule has 2 N–H and O–H groups in total. The Morgan fingerprint density at radius 1 is 1.42 bits per heavy atom. The molecule has 0 amide bonds. The highest BCUT2D eigenvalue weighted by Crippen LogP contribution is 2.29. The van der Waals surface area contributed by atoms with Crippen LogP contribution in [0.2, 0.25) is 0 Å². The molecule has 4 nitrogen and oxygen atoms in total. The Morgan fingerprint density at radius 2 is 2.26 bits per heavy atom. The van der Waals surface area contributed by atoms with Crippen LogP contribution in [0.3, 0.4) is 0 Å². The fourth-order valence-corrected chi connectivity index (χ4v) is 3.14. The molecule has 0 aliphatic carbocycles. The molecular weight excluding hydrogens is 236 g/mol. The van der Waals surface area contributed by atoms with Gasteiger partial charge in [-0.2, -0.15) is 0 Å². The Kier molecular flexibility index (Phi) is 3.19. The fourth-order valence-electron chi connectivity index (χ4n) is 3.14. The molecule has 4 heteroatoms. The van der Waals surface area contributed by atoms with Crippen LogP contribution in [0, 0.1) is 6.92 Å². The monoisotopic (exact) mass is 258 g/mol. The number of hydrogen-bond acceptors (Lipinski definition) is 3. The van der Waals surface area contributed by atoms with Crippen molar-refractivity contribution in [1.82, 2.24) is 14.5 Å². The van der Waals surface area contributed by atoms with Crippen molar-refractivity contribution in [1.29, 1.82) is 0 Å². The number of anilines is 1. The number of imidazole rings is 1. The van der Waals surface area contributed by atoms with E-state index >= 15 is 0 Å². The molecule has 1 aromatic heterocycles. The second-order valence-corrected chi connectivity index (χ2v) is 5.52. The average molecular weight is 258 g/mol. The van der Waals surface area contributed by atoms with Crippen LogP contribution in [0.25, 0.3) is 11.0 Å². The summed E-state index contributed by atoms with van der Waals surface area (Å²) < 4.78 is 2.23. The lowest BCUT2D eigenvalue weighted by atomic mass is 10.1. The molecule has 3 rings (SSSR count). The molecule has 0 spiro atoms. The minimum Gasteiger partial charge on any atom is -0.369 e. The number of likely N-dealkylation sites (N-methyl/N-ethyl adjacent to an activating group) is 1. The normalized spacial score (nSPS) is 21.1. The van der Waals surface area contributed by atoms with Crippen LogP contribution in [0.5, 0.6) is 0 Å². The van der Waals surface area contributed by atoms with E-state index < -0.39 is 0 Å². The van der Waals surface area contributed by atoms with E-state index in [9.17, 15) is 0 Å². The quantitative estimate of drug-likeness (QED) is 0.900. The van der Waals surface area contributed by atoms with Crippen molar-refractivity contribution in [3.05, 3.63) is 23.8 Å². The van der Waals surface area contributed by atoms with Gasteiger partial charge in [0.25, 0.3) is 0 Å². The van der Waals surface area contributed by atoms with Gasteiger partial charge in [0.1, 0.15) is 0 Å². The van der Waals surface area contributed by atoms with Crippen molar-refractivity contribution >= 4 is 17.0 Å². The van der Waals surface area contributed by atoms with Gasteiger partial charge < -0.3 is 15.2 Å². The van der Waals surface area contributed by atoms with Gasteiger partial charge in [-0.25, -0.2) is 4.98 Å². The number of hydrogen-bond donors (Lipinski definition) is 1. The molecule has 1 fully saturated rings. The largest absolute Gasteiger partial charge is 0.369 e. The summed E-state index contributed by atoms with van der Waals surface area (Å²) in [6, 6.07) is 6.86. The molecule has 1 aromatic carbocycles. The van der Waals surface area contributed by atoms with E-state index in [4.69, 9.17) is 5.73 Å². The van der Waals surface area contributed by atoms with Crippen molar-refractivity contribution in [3.63, 3.8) is 0 Å². The SMILES string of the molecule is CCN1CCCC(n2c(N)nc3cc(C)ccc32)C1. The van der Waals surface area contributed by atoms with Crippen LogP contribution in [-0.2, 0) is 0 Å². The van der Waals surface area contributed by atoms with Crippen LogP contribution in [0.1, 0.15) is 31.4 Å². The number of likely N-dealkylation sites (tertiary alicyclic amines) is 1. The Morgan fingerprint density at radius 3 is 3.05 bits per heavy atom. The van der Waals surface area contributed by atoms with Gasteiger partial charge >= 0.3 is 0 Å². The smallest absolute Gasteiger partial charge is 0.201 e. The molecule has 102 valence electrons. The van der Waals surface area contributed by atoms with Crippen LogP contribution < -0.4 is 5.73 Å². The van der Waals surface area contributed by atoms with Crippen molar-refractivity contribution in [2.24, 2.45) is 0 Å². The molecule has 1 aliphatic rings. The lowest BCUT2D eigenvalue weighted by molar-refractivity contribution is 0.188. The van der Waals surface area contributed by atoms with Gasteiger partial charge in [0.2, 0.25) is 5.95 Å². The van der Waals surface area contributed by atoms with Crippen LogP contribution in [0.4, 0.5) is 5.95 Å². The average Bonchev–Trinajstić information content (AvgIpc) is 2.73. The van der Waals surface area contributed by atoms with Crippen molar-refractivity contribution in [2.45, 2.75) is 32.7 Å². The number of aromatic nitrogens is 2. The molecule has 1 atom stereocenters. The van der Waals surface area contributed by atoms with E-state index in [2.05, 4.69) is 46.5 Å². The maximum absolute atomic E-state index is 6.15. The summed E-state index contributed by atoms with van der Waals surface area (Å²) in [5, 5.41) is 0. The maximum atomic E-state index is 6.15. The molecule has 2 aromatic rings. The molecule has 1 saturated heterocycles. The summed E-state index contributed by atoms with van der Waals surface area (Å²) in [6.45, 7) is 7.72. The summed E-state index contributed by atoms with van der Waals surface area (Å²) in [5.74, 6) is 0.656. The summed E-state index contributed by atoms with van der Waals surface area (Å²) in [6.07, 6.45) is 2.43. The fraction of sp³-hybridized carbons (Fsp3) is 0.533. The zero-order valence-electron chi connectivity index (χ0n) is 11.8. The highest BCUT2D eigenvalue weighted by molar-refractivity contribution is 5.79. The highest BCUT2D eigenvalue weighted by Gasteiger charge is 2.23. The summed E-state index contributed by atoms with van der Waals surface area (Å²) in [5.41, 5.74) is 9.58. The zero-order valence-corrected chi connectivity index (χ0v) is 11.8. The first kappa shape index (κ1) is 12.5. The Labute approximate surface area is 114 Å². The Balaban J connectivity index is 2.02. The van der Waals surface area contributed by atoms with E-state index in [-0.39, 0.29) is 0 Å². The van der Waals surface area contributed by atoms with E-state index in [1.165, 1.54) is 30.5 Å². The summed E-state index contributed by atoms with van der Waals surface area (Å²) >= 11 is 0. The van der Waals surface area contributed by atoms with Crippen molar-refractivity contribution in [3.8, 4) is 0 Å². The van der Waals surface area contributed by atoms with E-state index in [0.29, 0.717) is 12.0 Å². The molecule has 0 saturated carbocycles. The zero-order chi connectivity index (χ0) is 13.4. The molecule has 2 heterocycles. The number of nitrogens with zero attached hydrogens (tertiary/aromatic N) is 3. The number of fused-ring (bicyclic) bond motifs is 1. The number of rotatable bonds is 2. The first-order valence-corrected chi connectivity index (χ1v) is 7.15. The minimum atomic E-state index is 0.460. The number of aryl methyl sites for hydroxylation is 1.